The fourth-order valence-electron chi connectivity index (χ4n) is 3.83. The molecule has 5 heteroatoms. The summed E-state index contributed by atoms with van der Waals surface area (Å²) in [5.41, 5.74) is 1.20. The summed E-state index contributed by atoms with van der Waals surface area (Å²) in [6, 6.07) is 0. The minimum atomic E-state index is 0.336. The van der Waals surface area contributed by atoms with Crippen molar-refractivity contribution < 1.29 is 4.74 Å². The second-order valence-electron chi connectivity index (χ2n) is 7.35. The van der Waals surface area contributed by atoms with Crippen LogP contribution in [0, 0.1) is 11.8 Å². The molecule has 2 aliphatic heterocycles. The fourth-order valence-corrected chi connectivity index (χ4v) is 3.83. The summed E-state index contributed by atoms with van der Waals surface area (Å²) in [5.74, 6) is 2.50. The van der Waals surface area contributed by atoms with E-state index in [0.717, 1.165) is 44.5 Å². The topological polar surface area (TPSA) is 41.5 Å². The molecule has 0 unspecified atom stereocenters. The molecule has 4 rings (SSSR count). The Morgan fingerprint density at radius 3 is 2.70 bits per heavy atom. The lowest BCUT2D eigenvalue weighted by Gasteiger charge is -2.38. The maximum absolute atomic E-state index is 6.20. The third-order valence-corrected chi connectivity index (χ3v) is 5.52. The third kappa shape index (κ3) is 3.66. The van der Waals surface area contributed by atoms with E-state index >= 15 is 0 Å². The van der Waals surface area contributed by atoms with Crippen LogP contribution in [0.1, 0.15) is 31.7 Å². The number of aryl methyl sites for hydroxylation is 1. The molecular weight excluding hydrogens is 288 g/mol. The Morgan fingerprint density at radius 2 is 1.96 bits per heavy atom. The van der Waals surface area contributed by atoms with Crippen molar-refractivity contribution in [2.24, 2.45) is 11.8 Å². The molecule has 2 atom stereocenters. The van der Waals surface area contributed by atoms with Gasteiger partial charge >= 0.3 is 0 Å². The Hall–Kier alpha value is -1.20. The highest BCUT2D eigenvalue weighted by molar-refractivity contribution is 5.31. The number of hydrogen-bond donors (Lipinski definition) is 0. The summed E-state index contributed by atoms with van der Waals surface area (Å²) in [4.78, 5) is 14.0. The van der Waals surface area contributed by atoms with Gasteiger partial charge in [0, 0.05) is 51.0 Å². The minimum absolute atomic E-state index is 0.336. The molecule has 5 nitrogen and oxygen atoms in total. The Bertz CT molecular complexity index is 516. The van der Waals surface area contributed by atoms with Crippen LogP contribution in [-0.4, -0.2) is 60.3 Å². The van der Waals surface area contributed by atoms with Gasteiger partial charge in [-0.15, -0.1) is 0 Å². The summed E-state index contributed by atoms with van der Waals surface area (Å²) in [7, 11) is 0. The molecule has 0 radical (unpaired) electrons. The Labute approximate surface area is 139 Å². The van der Waals surface area contributed by atoms with Crippen LogP contribution in [0.15, 0.2) is 12.4 Å². The number of ether oxygens (including phenoxy) is 1. The van der Waals surface area contributed by atoms with Crippen LogP contribution in [0.5, 0.6) is 0 Å². The zero-order chi connectivity index (χ0) is 15.6. The van der Waals surface area contributed by atoms with Gasteiger partial charge in [-0.25, -0.2) is 9.97 Å². The van der Waals surface area contributed by atoms with Gasteiger partial charge in [-0.1, -0.05) is 6.92 Å². The molecule has 1 saturated carbocycles. The maximum Gasteiger partial charge on any atom is 0.225 e. The molecule has 3 heterocycles. The molecule has 0 bridgehead atoms. The minimum Gasteiger partial charge on any atom is -0.375 e. The second kappa shape index (κ2) is 6.73. The van der Waals surface area contributed by atoms with Crippen LogP contribution in [0.25, 0.3) is 0 Å². The predicted octanol–water partition coefficient (Wildman–Crippen LogP) is 1.98. The van der Waals surface area contributed by atoms with Crippen LogP contribution in [-0.2, 0) is 11.2 Å². The first-order valence-corrected chi connectivity index (χ1v) is 9.21. The Kier molecular flexibility index (Phi) is 4.49. The van der Waals surface area contributed by atoms with E-state index in [1.54, 1.807) is 0 Å². The average molecular weight is 316 g/mol. The highest BCUT2D eigenvalue weighted by Gasteiger charge is 2.35. The second-order valence-corrected chi connectivity index (χ2v) is 7.35. The summed E-state index contributed by atoms with van der Waals surface area (Å²) in [6.07, 6.45) is 9.30. The summed E-state index contributed by atoms with van der Waals surface area (Å²) >= 11 is 0. The molecule has 23 heavy (non-hydrogen) atoms. The van der Waals surface area contributed by atoms with E-state index in [9.17, 15) is 0 Å². The third-order valence-electron chi connectivity index (χ3n) is 5.52. The van der Waals surface area contributed by atoms with E-state index in [2.05, 4.69) is 26.7 Å². The Balaban J connectivity index is 1.38. The average Bonchev–Trinajstić information content (AvgIpc) is 3.41. The van der Waals surface area contributed by atoms with Gasteiger partial charge in [0.1, 0.15) is 0 Å². The summed E-state index contributed by atoms with van der Waals surface area (Å²) in [6.45, 7) is 8.60. The number of hydrogen-bond acceptors (Lipinski definition) is 5. The van der Waals surface area contributed by atoms with E-state index in [0.29, 0.717) is 12.0 Å². The number of anilines is 1. The molecule has 0 spiro atoms. The van der Waals surface area contributed by atoms with Crippen molar-refractivity contribution >= 4 is 5.95 Å². The lowest BCUT2D eigenvalue weighted by molar-refractivity contribution is 0.0249. The molecule has 1 aromatic rings. The first-order chi connectivity index (χ1) is 11.3. The number of piperidine rings is 1. The molecule has 0 N–H and O–H groups in total. The molecule has 0 aromatic carbocycles. The SMILES string of the molecule is CCc1cnc(N2CC[C@@H]3CN(CC4CC4)CCO[C@@H]3C2)nc1. The molecule has 0 amide bonds. The van der Waals surface area contributed by atoms with Crippen molar-refractivity contribution in [2.45, 2.75) is 38.7 Å². The van der Waals surface area contributed by atoms with E-state index in [-0.39, 0.29) is 0 Å². The van der Waals surface area contributed by atoms with Crippen LogP contribution >= 0.6 is 0 Å². The Morgan fingerprint density at radius 1 is 1.13 bits per heavy atom. The summed E-state index contributed by atoms with van der Waals surface area (Å²) < 4.78 is 6.20. The van der Waals surface area contributed by atoms with Crippen LogP contribution in [0.3, 0.4) is 0 Å². The largest absolute Gasteiger partial charge is 0.375 e. The van der Waals surface area contributed by atoms with Crippen molar-refractivity contribution in [3.63, 3.8) is 0 Å². The number of fused-ring (bicyclic) bond motifs is 1. The van der Waals surface area contributed by atoms with Crippen LogP contribution in [0.4, 0.5) is 5.95 Å². The van der Waals surface area contributed by atoms with E-state index in [4.69, 9.17) is 4.74 Å². The van der Waals surface area contributed by atoms with Gasteiger partial charge in [0.05, 0.1) is 12.7 Å². The molecule has 1 aliphatic carbocycles. The molecule has 2 saturated heterocycles. The van der Waals surface area contributed by atoms with Crippen molar-refractivity contribution in [2.75, 3.05) is 44.2 Å². The number of aromatic nitrogens is 2. The van der Waals surface area contributed by atoms with Crippen molar-refractivity contribution in [1.82, 2.24) is 14.9 Å². The zero-order valence-corrected chi connectivity index (χ0v) is 14.2. The van der Waals surface area contributed by atoms with Crippen molar-refractivity contribution in [3.8, 4) is 0 Å². The molecule has 1 aromatic heterocycles. The number of nitrogens with zero attached hydrogens (tertiary/aromatic N) is 4. The fraction of sp³-hybridized carbons (Fsp3) is 0.778. The first kappa shape index (κ1) is 15.3. The van der Waals surface area contributed by atoms with Gasteiger partial charge < -0.3 is 14.5 Å². The lowest BCUT2D eigenvalue weighted by atomic mass is 9.93. The van der Waals surface area contributed by atoms with Crippen LogP contribution in [0.2, 0.25) is 0 Å². The quantitative estimate of drug-likeness (QED) is 0.849. The van der Waals surface area contributed by atoms with Gasteiger partial charge in [-0.05, 0) is 37.2 Å². The van der Waals surface area contributed by atoms with Crippen LogP contribution < -0.4 is 4.90 Å². The smallest absolute Gasteiger partial charge is 0.225 e. The van der Waals surface area contributed by atoms with Gasteiger partial charge in [0.25, 0.3) is 0 Å². The monoisotopic (exact) mass is 316 g/mol. The highest BCUT2D eigenvalue weighted by atomic mass is 16.5. The van der Waals surface area contributed by atoms with Gasteiger partial charge in [-0.2, -0.15) is 0 Å². The predicted molar refractivity (Wildman–Crippen MR) is 90.6 cm³/mol. The summed E-state index contributed by atoms with van der Waals surface area (Å²) in [5, 5.41) is 0. The number of rotatable bonds is 4. The first-order valence-electron chi connectivity index (χ1n) is 9.21. The lowest BCUT2D eigenvalue weighted by Crippen LogP contribution is -2.47. The molecule has 3 fully saturated rings. The van der Waals surface area contributed by atoms with E-state index in [1.165, 1.54) is 37.9 Å². The van der Waals surface area contributed by atoms with Crippen molar-refractivity contribution in [1.29, 1.82) is 0 Å². The zero-order valence-electron chi connectivity index (χ0n) is 14.2. The van der Waals surface area contributed by atoms with Gasteiger partial charge in [-0.3, -0.25) is 0 Å². The van der Waals surface area contributed by atoms with Gasteiger partial charge in [0.15, 0.2) is 0 Å². The molecular formula is C18H28N4O. The van der Waals surface area contributed by atoms with E-state index < -0.39 is 0 Å². The van der Waals surface area contributed by atoms with Gasteiger partial charge in [0.2, 0.25) is 5.95 Å². The maximum atomic E-state index is 6.20. The standard InChI is InChI=1S/C18H28N4O/c1-2-14-9-19-18(20-10-14)22-6-5-16-12-21(11-15-3-4-15)7-8-23-17(16)13-22/h9-10,15-17H,2-8,11-13H2,1H3/t16-,17-/m1/s1. The van der Waals surface area contributed by atoms with E-state index in [1.807, 2.05) is 12.4 Å². The highest BCUT2D eigenvalue weighted by Crippen LogP contribution is 2.32. The molecule has 126 valence electrons. The van der Waals surface area contributed by atoms with Crippen molar-refractivity contribution in [3.05, 3.63) is 18.0 Å². The molecule has 3 aliphatic rings. The normalized spacial score (nSPS) is 29.2.